The predicted molar refractivity (Wildman–Crippen MR) is 72.8 cm³/mol. The van der Waals surface area contributed by atoms with E-state index in [1.807, 2.05) is 13.2 Å². The summed E-state index contributed by atoms with van der Waals surface area (Å²) in [5, 5.41) is 12.7. The van der Waals surface area contributed by atoms with Gasteiger partial charge in [-0.2, -0.15) is 11.8 Å². The molecule has 4 heteroatoms. The van der Waals surface area contributed by atoms with Crippen molar-refractivity contribution in [3.8, 4) is 5.75 Å². The molecular weight excluding hydrogens is 234 g/mol. The van der Waals surface area contributed by atoms with Gasteiger partial charge in [-0.25, -0.2) is 0 Å². The van der Waals surface area contributed by atoms with E-state index < -0.39 is 0 Å². The molecule has 3 nitrogen and oxygen atoms in total. The predicted octanol–water partition coefficient (Wildman–Crippen LogP) is 2.57. The molecule has 1 unspecified atom stereocenters. The molecule has 1 aromatic carbocycles. The minimum Gasteiger partial charge on any atom is -0.507 e. The highest BCUT2D eigenvalue weighted by atomic mass is 32.2. The number of hydrogen-bond donors (Lipinski definition) is 2. The lowest BCUT2D eigenvalue weighted by Gasteiger charge is -2.14. The topological polar surface area (TPSA) is 49.3 Å². The zero-order valence-electron chi connectivity index (χ0n) is 10.5. The standard InChI is InChI=1S/C13H19NO2S/c1-9-5-4-6-11(12(9)15)13(16)14-10(2)7-8-17-3/h4-6,10,15H,7-8H2,1-3H3,(H,14,16). The van der Waals surface area contributed by atoms with Gasteiger partial charge in [0, 0.05) is 6.04 Å². The summed E-state index contributed by atoms with van der Waals surface area (Å²) >= 11 is 1.76. The van der Waals surface area contributed by atoms with Crippen LogP contribution in [0.4, 0.5) is 0 Å². The van der Waals surface area contributed by atoms with Crippen LogP contribution in [-0.4, -0.2) is 29.1 Å². The van der Waals surface area contributed by atoms with E-state index in [2.05, 4.69) is 5.32 Å². The van der Waals surface area contributed by atoms with Gasteiger partial charge < -0.3 is 10.4 Å². The molecule has 0 aromatic heterocycles. The van der Waals surface area contributed by atoms with E-state index in [1.54, 1.807) is 36.9 Å². The molecule has 1 aromatic rings. The highest BCUT2D eigenvalue weighted by Gasteiger charge is 2.14. The minimum absolute atomic E-state index is 0.0714. The maximum absolute atomic E-state index is 11.9. The second-order valence-corrected chi connectivity index (χ2v) is 5.11. The summed E-state index contributed by atoms with van der Waals surface area (Å²) in [7, 11) is 0. The maximum atomic E-state index is 11.9. The fourth-order valence-corrected chi connectivity index (χ4v) is 2.10. The number of benzene rings is 1. The SMILES string of the molecule is CSCCC(C)NC(=O)c1cccc(C)c1O. The fourth-order valence-electron chi connectivity index (χ4n) is 1.51. The van der Waals surface area contributed by atoms with E-state index in [0.29, 0.717) is 5.56 Å². The van der Waals surface area contributed by atoms with Gasteiger partial charge in [0.1, 0.15) is 5.75 Å². The van der Waals surface area contributed by atoms with Crippen molar-refractivity contribution in [2.75, 3.05) is 12.0 Å². The first-order valence-electron chi connectivity index (χ1n) is 5.64. The summed E-state index contributed by atoms with van der Waals surface area (Å²) in [5.41, 5.74) is 1.07. The van der Waals surface area contributed by atoms with Crippen LogP contribution in [0.15, 0.2) is 18.2 Å². The minimum atomic E-state index is -0.209. The van der Waals surface area contributed by atoms with Gasteiger partial charge in [0.05, 0.1) is 5.56 Å². The Morgan fingerprint density at radius 1 is 1.53 bits per heavy atom. The Balaban J connectivity index is 2.67. The molecule has 1 amide bonds. The third-order valence-corrected chi connectivity index (χ3v) is 3.26. The average molecular weight is 253 g/mol. The normalized spacial score (nSPS) is 12.2. The third kappa shape index (κ3) is 3.97. The van der Waals surface area contributed by atoms with E-state index in [4.69, 9.17) is 0 Å². The number of para-hydroxylation sites is 1. The van der Waals surface area contributed by atoms with Gasteiger partial charge in [0.15, 0.2) is 0 Å². The number of aromatic hydroxyl groups is 1. The number of amides is 1. The van der Waals surface area contributed by atoms with Gasteiger partial charge in [-0.05, 0) is 43.9 Å². The van der Waals surface area contributed by atoms with Crippen molar-refractivity contribution < 1.29 is 9.90 Å². The highest BCUT2D eigenvalue weighted by molar-refractivity contribution is 7.98. The quantitative estimate of drug-likeness (QED) is 0.848. The number of hydrogen-bond acceptors (Lipinski definition) is 3. The lowest BCUT2D eigenvalue weighted by molar-refractivity contribution is 0.0936. The summed E-state index contributed by atoms with van der Waals surface area (Å²) in [6, 6.07) is 5.31. The summed E-state index contributed by atoms with van der Waals surface area (Å²) in [4.78, 5) is 11.9. The van der Waals surface area contributed by atoms with Crippen LogP contribution in [0.25, 0.3) is 0 Å². The van der Waals surface area contributed by atoms with E-state index >= 15 is 0 Å². The maximum Gasteiger partial charge on any atom is 0.255 e. The molecule has 0 saturated heterocycles. The second kappa shape index (κ2) is 6.55. The zero-order chi connectivity index (χ0) is 12.8. The van der Waals surface area contributed by atoms with Crippen LogP contribution in [0.5, 0.6) is 5.75 Å². The molecule has 94 valence electrons. The Morgan fingerprint density at radius 2 is 2.24 bits per heavy atom. The Kier molecular flexibility index (Phi) is 5.35. The molecule has 0 spiro atoms. The summed E-state index contributed by atoms with van der Waals surface area (Å²) in [5.74, 6) is 0.878. The van der Waals surface area contributed by atoms with Crippen molar-refractivity contribution in [3.05, 3.63) is 29.3 Å². The van der Waals surface area contributed by atoms with E-state index in [-0.39, 0.29) is 17.7 Å². The Morgan fingerprint density at radius 3 is 2.88 bits per heavy atom. The van der Waals surface area contributed by atoms with Crippen LogP contribution in [0.1, 0.15) is 29.3 Å². The van der Waals surface area contributed by atoms with Crippen molar-refractivity contribution in [1.82, 2.24) is 5.32 Å². The molecule has 0 aliphatic heterocycles. The van der Waals surface area contributed by atoms with E-state index in [9.17, 15) is 9.90 Å². The number of rotatable bonds is 5. The van der Waals surface area contributed by atoms with Crippen LogP contribution < -0.4 is 5.32 Å². The van der Waals surface area contributed by atoms with Gasteiger partial charge in [-0.15, -0.1) is 0 Å². The number of carbonyl (C=O) groups is 1. The number of thioether (sulfide) groups is 1. The lowest BCUT2D eigenvalue weighted by atomic mass is 10.1. The molecule has 2 N–H and O–H groups in total. The summed E-state index contributed by atoms with van der Waals surface area (Å²) in [6.07, 6.45) is 2.97. The fraction of sp³-hybridized carbons (Fsp3) is 0.462. The monoisotopic (exact) mass is 253 g/mol. The molecule has 0 heterocycles. The number of phenolic OH excluding ortho intramolecular Hbond substituents is 1. The number of carbonyl (C=O) groups excluding carboxylic acids is 1. The molecule has 0 saturated carbocycles. The average Bonchev–Trinajstić information content (AvgIpc) is 2.29. The molecule has 0 aliphatic carbocycles. The first-order valence-corrected chi connectivity index (χ1v) is 7.04. The second-order valence-electron chi connectivity index (χ2n) is 4.13. The van der Waals surface area contributed by atoms with Crippen LogP contribution >= 0.6 is 11.8 Å². The van der Waals surface area contributed by atoms with Crippen LogP contribution in [0.3, 0.4) is 0 Å². The largest absolute Gasteiger partial charge is 0.507 e. The van der Waals surface area contributed by atoms with Gasteiger partial charge in [0.25, 0.3) is 5.91 Å². The first kappa shape index (κ1) is 13.9. The van der Waals surface area contributed by atoms with Gasteiger partial charge >= 0.3 is 0 Å². The smallest absolute Gasteiger partial charge is 0.255 e. The number of aryl methyl sites for hydroxylation is 1. The summed E-state index contributed by atoms with van der Waals surface area (Å²) in [6.45, 7) is 3.75. The van der Waals surface area contributed by atoms with E-state index in [0.717, 1.165) is 17.7 Å². The molecule has 1 rings (SSSR count). The van der Waals surface area contributed by atoms with Gasteiger partial charge in [-0.3, -0.25) is 4.79 Å². The van der Waals surface area contributed by atoms with Gasteiger partial charge in [-0.1, -0.05) is 12.1 Å². The van der Waals surface area contributed by atoms with Crippen molar-refractivity contribution in [1.29, 1.82) is 0 Å². The molecule has 0 aliphatic rings. The number of nitrogens with one attached hydrogen (secondary N) is 1. The zero-order valence-corrected chi connectivity index (χ0v) is 11.3. The molecule has 0 bridgehead atoms. The molecule has 0 radical (unpaired) electrons. The summed E-state index contributed by atoms with van der Waals surface area (Å²) < 4.78 is 0. The van der Waals surface area contributed by atoms with Crippen LogP contribution in [0, 0.1) is 6.92 Å². The first-order chi connectivity index (χ1) is 8.06. The molecule has 17 heavy (non-hydrogen) atoms. The van der Waals surface area contributed by atoms with Gasteiger partial charge in [0.2, 0.25) is 0 Å². The molecule has 0 fully saturated rings. The van der Waals surface area contributed by atoms with Crippen molar-refractivity contribution in [3.63, 3.8) is 0 Å². The van der Waals surface area contributed by atoms with Crippen molar-refractivity contribution in [2.24, 2.45) is 0 Å². The van der Waals surface area contributed by atoms with Crippen molar-refractivity contribution in [2.45, 2.75) is 26.3 Å². The highest BCUT2D eigenvalue weighted by Crippen LogP contribution is 2.21. The van der Waals surface area contributed by atoms with Crippen molar-refractivity contribution >= 4 is 17.7 Å². The van der Waals surface area contributed by atoms with Crippen LogP contribution in [-0.2, 0) is 0 Å². The molecular formula is C13H19NO2S. The lowest BCUT2D eigenvalue weighted by Crippen LogP contribution is -2.33. The Labute approximate surface area is 107 Å². The third-order valence-electron chi connectivity index (χ3n) is 2.61. The number of phenols is 1. The molecule has 1 atom stereocenters. The Hall–Kier alpha value is -1.16. The van der Waals surface area contributed by atoms with E-state index in [1.165, 1.54) is 0 Å². The Bertz CT molecular complexity index is 393. The van der Waals surface area contributed by atoms with Crippen LogP contribution in [0.2, 0.25) is 0 Å².